The highest BCUT2D eigenvalue weighted by atomic mass is 15.1. The van der Waals surface area contributed by atoms with Gasteiger partial charge in [-0.05, 0) is 45.0 Å². The Bertz CT molecular complexity index is 335. The van der Waals surface area contributed by atoms with E-state index in [0.717, 1.165) is 13.1 Å². The molecule has 0 aliphatic heterocycles. The van der Waals surface area contributed by atoms with E-state index >= 15 is 0 Å². The van der Waals surface area contributed by atoms with E-state index in [-0.39, 0.29) is 0 Å². The summed E-state index contributed by atoms with van der Waals surface area (Å²) in [4.78, 5) is 2.63. The highest BCUT2D eigenvalue weighted by Gasteiger charge is 2.04. The van der Waals surface area contributed by atoms with Gasteiger partial charge in [0, 0.05) is 18.8 Å². The van der Waals surface area contributed by atoms with E-state index in [2.05, 4.69) is 55.3 Å². The number of anilines is 1. The Hall–Kier alpha value is -1.02. The van der Waals surface area contributed by atoms with Gasteiger partial charge in [-0.15, -0.1) is 0 Å². The van der Waals surface area contributed by atoms with E-state index in [1.54, 1.807) is 0 Å². The molecule has 2 heteroatoms. The van der Waals surface area contributed by atoms with E-state index in [4.69, 9.17) is 0 Å². The van der Waals surface area contributed by atoms with Crippen molar-refractivity contribution >= 4 is 5.69 Å². The van der Waals surface area contributed by atoms with Crippen LogP contribution in [0, 0.1) is 6.92 Å². The third-order valence-electron chi connectivity index (χ3n) is 3.96. The molecule has 0 saturated heterocycles. The fourth-order valence-corrected chi connectivity index (χ4v) is 2.54. The smallest absolute Gasteiger partial charge is 0.0340 e. The van der Waals surface area contributed by atoms with E-state index < -0.39 is 0 Å². The molecule has 21 heavy (non-hydrogen) atoms. The zero-order chi connectivity index (χ0) is 15.3. The van der Waals surface area contributed by atoms with Crippen LogP contribution in [0.25, 0.3) is 0 Å². The topological polar surface area (TPSA) is 15.3 Å². The molecule has 1 N–H and O–H groups in total. The van der Waals surface area contributed by atoms with Crippen LogP contribution in [0.15, 0.2) is 24.3 Å². The van der Waals surface area contributed by atoms with Crippen molar-refractivity contribution in [3.05, 3.63) is 29.8 Å². The molecule has 0 aliphatic carbocycles. The van der Waals surface area contributed by atoms with Gasteiger partial charge >= 0.3 is 0 Å². The summed E-state index contributed by atoms with van der Waals surface area (Å²) in [5.41, 5.74) is 2.56. The average Bonchev–Trinajstić information content (AvgIpc) is 2.49. The van der Waals surface area contributed by atoms with Gasteiger partial charge in [-0.2, -0.15) is 0 Å². The molecule has 2 nitrogen and oxygen atoms in total. The molecule has 0 bridgehead atoms. The summed E-state index contributed by atoms with van der Waals surface area (Å²) >= 11 is 0. The first-order valence-corrected chi connectivity index (χ1v) is 8.79. The van der Waals surface area contributed by atoms with Gasteiger partial charge in [0.15, 0.2) is 0 Å². The van der Waals surface area contributed by atoms with Gasteiger partial charge < -0.3 is 10.2 Å². The third-order valence-corrected chi connectivity index (χ3v) is 3.96. The molecule has 0 amide bonds. The molecule has 0 aliphatic rings. The van der Waals surface area contributed by atoms with Crippen molar-refractivity contribution in [2.24, 2.45) is 0 Å². The Kier molecular flexibility index (Phi) is 9.98. The largest absolute Gasteiger partial charge is 0.384 e. The third kappa shape index (κ3) is 8.77. The van der Waals surface area contributed by atoms with Crippen LogP contribution in [0.5, 0.6) is 0 Å². The Labute approximate surface area is 131 Å². The highest BCUT2D eigenvalue weighted by Crippen LogP contribution is 2.08. The minimum absolute atomic E-state index is 1.04. The molecular weight excluding hydrogens is 256 g/mol. The molecule has 120 valence electrons. The number of nitrogens with zero attached hydrogens (tertiary/aromatic N) is 1. The summed E-state index contributed by atoms with van der Waals surface area (Å²) in [6.07, 6.45) is 8.01. The molecule has 0 fully saturated rings. The quantitative estimate of drug-likeness (QED) is 0.539. The highest BCUT2D eigenvalue weighted by molar-refractivity contribution is 5.44. The van der Waals surface area contributed by atoms with Gasteiger partial charge in [0.25, 0.3) is 0 Å². The second kappa shape index (κ2) is 11.6. The van der Waals surface area contributed by atoms with Gasteiger partial charge in [0.1, 0.15) is 0 Å². The molecule has 0 spiro atoms. The van der Waals surface area contributed by atoms with Gasteiger partial charge in [-0.3, -0.25) is 0 Å². The summed E-state index contributed by atoms with van der Waals surface area (Å²) < 4.78 is 0. The lowest BCUT2D eigenvalue weighted by Gasteiger charge is -2.22. The Balaban J connectivity index is 2.27. The van der Waals surface area contributed by atoms with Gasteiger partial charge in [-0.1, -0.05) is 57.2 Å². The molecule has 1 aromatic carbocycles. The maximum Gasteiger partial charge on any atom is 0.0340 e. The lowest BCUT2D eigenvalue weighted by molar-refractivity contribution is 0.271. The molecule has 1 rings (SSSR count). The molecule has 0 saturated carbocycles. The van der Waals surface area contributed by atoms with E-state index in [1.165, 1.54) is 62.9 Å². The number of hydrogen-bond donors (Lipinski definition) is 1. The fourth-order valence-electron chi connectivity index (χ4n) is 2.54. The van der Waals surface area contributed by atoms with Gasteiger partial charge in [-0.25, -0.2) is 0 Å². The Morgan fingerprint density at radius 3 is 1.90 bits per heavy atom. The first kappa shape index (κ1) is 18.0. The number of hydrogen-bond acceptors (Lipinski definition) is 2. The van der Waals surface area contributed by atoms with Crippen molar-refractivity contribution in [3.63, 3.8) is 0 Å². The monoisotopic (exact) mass is 290 g/mol. The number of aryl methyl sites for hydroxylation is 1. The summed E-state index contributed by atoms with van der Waals surface area (Å²) in [5, 5.41) is 3.54. The van der Waals surface area contributed by atoms with Crippen LogP contribution in [-0.4, -0.2) is 31.1 Å². The first-order chi connectivity index (χ1) is 10.3. The maximum atomic E-state index is 3.54. The van der Waals surface area contributed by atoms with Crippen LogP contribution < -0.4 is 5.32 Å². The minimum Gasteiger partial charge on any atom is -0.384 e. The second-order valence-corrected chi connectivity index (χ2v) is 6.05. The van der Waals surface area contributed by atoms with E-state index in [9.17, 15) is 0 Å². The second-order valence-electron chi connectivity index (χ2n) is 6.05. The van der Waals surface area contributed by atoms with Crippen LogP contribution in [0.1, 0.15) is 57.9 Å². The summed E-state index contributed by atoms with van der Waals surface area (Å²) in [7, 11) is 0. The maximum absolute atomic E-state index is 3.54. The average molecular weight is 290 g/mol. The number of benzene rings is 1. The van der Waals surface area contributed by atoms with E-state index in [1.807, 2.05) is 0 Å². The molecule has 0 radical (unpaired) electrons. The summed E-state index contributed by atoms with van der Waals surface area (Å²) in [6, 6.07) is 8.69. The lowest BCUT2D eigenvalue weighted by Crippen LogP contribution is -2.31. The minimum atomic E-state index is 1.04. The fraction of sp³-hybridized carbons (Fsp3) is 0.684. The van der Waals surface area contributed by atoms with Crippen LogP contribution in [0.4, 0.5) is 5.69 Å². The normalized spacial score (nSPS) is 11.0. The van der Waals surface area contributed by atoms with Crippen molar-refractivity contribution < 1.29 is 0 Å². The Morgan fingerprint density at radius 1 is 0.810 bits per heavy atom. The summed E-state index contributed by atoms with van der Waals surface area (Å²) in [6.45, 7) is 11.4. The van der Waals surface area contributed by atoms with Crippen molar-refractivity contribution in [1.82, 2.24) is 4.90 Å². The SMILES string of the molecule is CCCCCN(CCCCC)CCNc1ccc(C)cc1. The zero-order valence-corrected chi connectivity index (χ0v) is 14.3. The lowest BCUT2D eigenvalue weighted by atomic mass is 10.2. The zero-order valence-electron chi connectivity index (χ0n) is 14.3. The molecule has 0 heterocycles. The number of nitrogens with one attached hydrogen (secondary N) is 1. The molecule has 0 unspecified atom stereocenters. The van der Waals surface area contributed by atoms with Crippen LogP contribution >= 0.6 is 0 Å². The first-order valence-electron chi connectivity index (χ1n) is 8.79. The molecule has 1 aromatic rings. The molecular formula is C19H34N2. The Morgan fingerprint density at radius 2 is 1.38 bits per heavy atom. The predicted molar refractivity (Wildman–Crippen MR) is 95.2 cm³/mol. The van der Waals surface area contributed by atoms with Crippen molar-refractivity contribution in [2.45, 2.75) is 59.3 Å². The standard InChI is InChI=1S/C19H34N2/c1-4-6-8-15-21(16-9-7-5-2)17-14-20-19-12-10-18(3)11-13-19/h10-13,20H,4-9,14-17H2,1-3H3. The molecule has 0 aromatic heterocycles. The number of unbranched alkanes of at least 4 members (excludes halogenated alkanes) is 4. The van der Waals surface area contributed by atoms with Gasteiger partial charge in [0.2, 0.25) is 0 Å². The van der Waals surface area contributed by atoms with Crippen LogP contribution in [-0.2, 0) is 0 Å². The van der Waals surface area contributed by atoms with Crippen LogP contribution in [0.2, 0.25) is 0 Å². The summed E-state index contributed by atoms with van der Waals surface area (Å²) in [5.74, 6) is 0. The van der Waals surface area contributed by atoms with E-state index in [0.29, 0.717) is 0 Å². The predicted octanol–water partition coefficient (Wildman–Crippen LogP) is 5.09. The number of rotatable bonds is 12. The van der Waals surface area contributed by atoms with Crippen LogP contribution in [0.3, 0.4) is 0 Å². The van der Waals surface area contributed by atoms with Crippen molar-refractivity contribution in [2.75, 3.05) is 31.5 Å². The van der Waals surface area contributed by atoms with Gasteiger partial charge in [0.05, 0.1) is 0 Å². The van der Waals surface area contributed by atoms with Crippen molar-refractivity contribution in [3.8, 4) is 0 Å². The van der Waals surface area contributed by atoms with Crippen molar-refractivity contribution in [1.29, 1.82) is 0 Å². The molecule has 0 atom stereocenters.